The van der Waals surface area contributed by atoms with Crippen LogP contribution in [-0.4, -0.2) is 25.5 Å². The van der Waals surface area contributed by atoms with E-state index in [9.17, 15) is 4.79 Å². The molecule has 3 aromatic rings. The van der Waals surface area contributed by atoms with Crippen LogP contribution >= 0.6 is 11.6 Å². The van der Waals surface area contributed by atoms with E-state index in [1.807, 2.05) is 25.1 Å². The van der Waals surface area contributed by atoms with Gasteiger partial charge < -0.3 is 5.32 Å². The minimum absolute atomic E-state index is 0.0270. The standard InChI is InChI=1S/C16H14ClN5O/c1-9-6-15-19-14(8-13(17)22(15)21-9)20-16(23)12-7-11(12)10-2-4-18-5-3-10/h2-6,8,11-12H,7H2,1H3,(H,19,20,23). The van der Waals surface area contributed by atoms with Crippen LogP contribution in [0.4, 0.5) is 5.82 Å². The molecule has 7 heteroatoms. The van der Waals surface area contributed by atoms with E-state index >= 15 is 0 Å². The van der Waals surface area contributed by atoms with Crippen molar-refractivity contribution < 1.29 is 4.79 Å². The number of aromatic nitrogens is 4. The van der Waals surface area contributed by atoms with E-state index < -0.39 is 0 Å². The molecule has 1 N–H and O–H groups in total. The summed E-state index contributed by atoms with van der Waals surface area (Å²) in [5, 5.41) is 7.51. The topological polar surface area (TPSA) is 72.2 Å². The Kier molecular flexibility index (Phi) is 3.27. The highest BCUT2D eigenvalue weighted by Gasteiger charge is 2.44. The predicted octanol–water partition coefficient (Wildman–Crippen LogP) is 2.83. The van der Waals surface area contributed by atoms with Crippen LogP contribution in [0.3, 0.4) is 0 Å². The number of rotatable bonds is 3. The fourth-order valence-corrected chi connectivity index (χ4v) is 3.03. The molecule has 0 aromatic carbocycles. The molecule has 2 atom stereocenters. The molecule has 1 aliphatic rings. The lowest BCUT2D eigenvalue weighted by atomic mass is 10.1. The number of carbonyl (C=O) groups excluding carboxylic acids is 1. The van der Waals surface area contributed by atoms with Gasteiger partial charge in [-0.3, -0.25) is 9.78 Å². The van der Waals surface area contributed by atoms with Gasteiger partial charge in [-0.2, -0.15) is 5.10 Å². The molecule has 3 aromatic heterocycles. The summed E-state index contributed by atoms with van der Waals surface area (Å²) in [6, 6.07) is 7.34. The molecule has 1 aliphatic carbocycles. The van der Waals surface area contributed by atoms with Gasteiger partial charge in [0.15, 0.2) is 5.65 Å². The van der Waals surface area contributed by atoms with Crippen LogP contribution in [0, 0.1) is 12.8 Å². The number of carbonyl (C=O) groups is 1. The van der Waals surface area contributed by atoms with Crippen molar-refractivity contribution in [3.8, 4) is 0 Å². The molecule has 0 aliphatic heterocycles. The van der Waals surface area contributed by atoms with Crippen molar-refractivity contribution in [1.29, 1.82) is 0 Å². The molecule has 0 saturated heterocycles. The summed E-state index contributed by atoms with van der Waals surface area (Å²) in [6.45, 7) is 1.87. The van der Waals surface area contributed by atoms with Crippen LogP contribution in [0.25, 0.3) is 5.65 Å². The third-order valence-corrected chi connectivity index (χ3v) is 4.29. The molecule has 4 rings (SSSR count). The number of halogens is 1. The fraction of sp³-hybridized carbons (Fsp3) is 0.250. The number of hydrogen-bond donors (Lipinski definition) is 1. The van der Waals surface area contributed by atoms with Crippen LogP contribution in [0.1, 0.15) is 23.6 Å². The Morgan fingerprint density at radius 1 is 1.35 bits per heavy atom. The molecule has 23 heavy (non-hydrogen) atoms. The Balaban J connectivity index is 1.51. The van der Waals surface area contributed by atoms with E-state index in [-0.39, 0.29) is 17.7 Å². The summed E-state index contributed by atoms with van der Waals surface area (Å²) >= 11 is 6.18. The van der Waals surface area contributed by atoms with Crippen LogP contribution in [0.15, 0.2) is 36.7 Å². The number of aryl methyl sites for hydroxylation is 1. The first-order chi connectivity index (χ1) is 11.1. The van der Waals surface area contributed by atoms with E-state index in [0.29, 0.717) is 16.6 Å². The number of fused-ring (bicyclic) bond motifs is 1. The highest BCUT2D eigenvalue weighted by molar-refractivity contribution is 6.30. The maximum Gasteiger partial charge on any atom is 0.229 e. The fourth-order valence-electron chi connectivity index (χ4n) is 2.80. The zero-order chi connectivity index (χ0) is 16.0. The molecule has 3 heterocycles. The Morgan fingerprint density at radius 3 is 2.91 bits per heavy atom. The predicted molar refractivity (Wildman–Crippen MR) is 86.4 cm³/mol. The zero-order valence-corrected chi connectivity index (χ0v) is 13.2. The molecule has 6 nitrogen and oxygen atoms in total. The Morgan fingerprint density at radius 2 is 2.13 bits per heavy atom. The molecule has 1 amide bonds. The van der Waals surface area contributed by atoms with Crippen molar-refractivity contribution in [1.82, 2.24) is 19.6 Å². The summed E-state index contributed by atoms with van der Waals surface area (Å²) < 4.78 is 1.55. The van der Waals surface area contributed by atoms with Gasteiger partial charge in [-0.25, -0.2) is 9.50 Å². The van der Waals surface area contributed by atoms with E-state index in [1.165, 1.54) is 0 Å². The normalized spacial score (nSPS) is 19.7. The molecule has 0 bridgehead atoms. The van der Waals surface area contributed by atoms with Gasteiger partial charge in [0.05, 0.1) is 5.69 Å². The van der Waals surface area contributed by atoms with Gasteiger partial charge in [-0.05, 0) is 37.0 Å². The monoisotopic (exact) mass is 327 g/mol. The number of hydrogen-bond acceptors (Lipinski definition) is 4. The number of pyridine rings is 1. The molecule has 0 spiro atoms. The second kappa shape index (κ2) is 5.31. The quantitative estimate of drug-likeness (QED) is 0.751. The van der Waals surface area contributed by atoms with E-state index in [0.717, 1.165) is 17.7 Å². The minimum Gasteiger partial charge on any atom is -0.310 e. The summed E-state index contributed by atoms with van der Waals surface area (Å²) in [5.74, 6) is 0.652. The summed E-state index contributed by atoms with van der Waals surface area (Å²) in [7, 11) is 0. The van der Waals surface area contributed by atoms with Gasteiger partial charge in [-0.1, -0.05) is 11.6 Å². The van der Waals surface area contributed by atoms with Crippen molar-refractivity contribution in [2.24, 2.45) is 5.92 Å². The van der Waals surface area contributed by atoms with Crippen molar-refractivity contribution in [3.05, 3.63) is 53.1 Å². The van der Waals surface area contributed by atoms with Crippen molar-refractivity contribution >= 4 is 29.0 Å². The van der Waals surface area contributed by atoms with Gasteiger partial charge in [0.1, 0.15) is 11.0 Å². The van der Waals surface area contributed by atoms with Gasteiger partial charge >= 0.3 is 0 Å². The first-order valence-corrected chi connectivity index (χ1v) is 7.73. The van der Waals surface area contributed by atoms with Gasteiger partial charge in [0, 0.05) is 30.4 Å². The molecule has 116 valence electrons. The maximum absolute atomic E-state index is 12.4. The second-order valence-electron chi connectivity index (χ2n) is 5.74. The lowest BCUT2D eigenvalue weighted by Gasteiger charge is -2.06. The molecular formula is C16H14ClN5O. The van der Waals surface area contributed by atoms with Crippen LogP contribution in [0.2, 0.25) is 5.15 Å². The van der Waals surface area contributed by atoms with E-state index in [1.54, 1.807) is 23.0 Å². The summed E-state index contributed by atoms with van der Waals surface area (Å²) in [5.41, 5.74) is 2.59. The maximum atomic E-state index is 12.4. The zero-order valence-electron chi connectivity index (χ0n) is 12.4. The molecule has 1 saturated carbocycles. The number of anilines is 1. The van der Waals surface area contributed by atoms with Crippen LogP contribution in [-0.2, 0) is 4.79 Å². The average Bonchev–Trinajstić information content (AvgIpc) is 3.24. The highest BCUT2D eigenvalue weighted by atomic mass is 35.5. The van der Waals surface area contributed by atoms with Crippen LogP contribution < -0.4 is 5.32 Å². The largest absolute Gasteiger partial charge is 0.310 e. The van der Waals surface area contributed by atoms with E-state index in [2.05, 4.69) is 20.4 Å². The molecule has 2 unspecified atom stereocenters. The number of nitrogens with zero attached hydrogens (tertiary/aromatic N) is 4. The minimum atomic E-state index is -0.0315. The first-order valence-electron chi connectivity index (χ1n) is 7.35. The molecule has 0 radical (unpaired) electrons. The van der Waals surface area contributed by atoms with Crippen molar-refractivity contribution in [2.45, 2.75) is 19.3 Å². The average molecular weight is 328 g/mol. The van der Waals surface area contributed by atoms with Crippen molar-refractivity contribution in [3.63, 3.8) is 0 Å². The SMILES string of the molecule is Cc1cc2nc(NC(=O)C3CC3c3ccncc3)cc(Cl)n2n1. The van der Waals surface area contributed by atoms with Crippen LogP contribution in [0.5, 0.6) is 0 Å². The Bertz CT molecular complexity index is 892. The lowest BCUT2D eigenvalue weighted by molar-refractivity contribution is -0.117. The number of amides is 1. The van der Waals surface area contributed by atoms with Gasteiger partial charge in [0.2, 0.25) is 5.91 Å². The highest BCUT2D eigenvalue weighted by Crippen LogP contribution is 2.47. The third kappa shape index (κ3) is 2.66. The van der Waals surface area contributed by atoms with Crippen molar-refractivity contribution in [2.75, 3.05) is 5.32 Å². The third-order valence-electron chi connectivity index (χ3n) is 4.02. The summed E-state index contributed by atoms with van der Waals surface area (Å²) in [6.07, 6.45) is 4.34. The number of nitrogens with one attached hydrogen (secondary N) is 1. The first kappa shape index (κ1) is 14.1. The van der Waals surface area contributed by atoms with Gasteiger partial charge in [0.25, 0.3) is 0 Å². The lowest BCUT2D eigenvalue weighted by Crippen LogP contribution is -2.16. The summed E-state index contributed by atoms with van der Waals surface area (Å²) in [4.78, 5) is 20.8. The second-order valence-corrected chi connectivity index (χ2v) is 6.13. The van der Waals surface area contributed by atoms with Gasteiger partial charge in [-0.15, -0.1) is 0 Å². The van der Waals surface area contributed by atoms with E-state index in [4.69, 9.17) is 11.6 Å². The smallest absolute Gasteiger partial charge is 0.229 e. The Labute approximate surface area is 137 Å². The Hall–Kier alpha value is -2.47. The molecule has 1 fully saturated rings. The molecular weight excluding hydrogens is 314 g/mol.